The van der Waals surface area contributed by atoms with E-state index in [0.29, 0.717) is 51.1 Å². The lowest BCUT2D eigenvalue weighted by Crippen LogP contribution is -2.15. The average molecular weight is 759 g/mol. The molecule has 282 valence electrons. The molecule has 0 fully saturated rings. The third kappa shape index (κ3) is 13.9. The van der Waals surface area contributed by atoms with E-state index in [4.69, 9.17) is 36.8 Å². The maximum atomic E-state index is 12.2. The molecule has 0 spiro atoms. The molecule has 4 rings (SSSR count). The lowest BCUT2D eigenvalue weighted by Gasteiger charge is -2.15. The van der Waals surface area contributed by atoms with Crippen molar-refractivity contribution in [1.29, 1.82) is 0 Å². The van der Waals surface area contributed by atoms with Crippen LogP contribution < -0.4 is 9.47 Å². The number of hydrogen-bond donors (Lipinski definition) is 0. The van der Waals surface area contributed by atoms with Crippen LogP contribution in [0.2, 0.25) is 0 Å². The molecule has 12 nitrogen and oxygen atoms in total. The first-order valence-electron chi connectivity index (χ1n) is 16.8. The van der Waals surface area contributed by atoms with E-state index in [2.05, 4.69) is 0 Å². The number of hydrogen-bond acceptors (Lipinski definition) is 12. The average Bonchev–Trinajstić information content (AvgIpc) is 3.14. The van der Waals surface area contributed by atoms with Crippen molar-refractivity contribution in [3.8, 4) is 22.6 Å². The minimum Gasteiger partial charge on any atom is -0.491 e. The molecule has 14 heteroatoms. The van der Waals surface area contributed by atoms with E-state index in [1.165, 1.54) is 24.3 Å². The van der Waals surface area contributed by atoms with Crippen LogP contribution in [0.3, 0.4) is 0 Å². The Morgan fingerprint density at radius 1 is 0.385 bits per heavy atom. The van der Waals surface area contributed by atoms with E-state index in [1.807, 2.05) is 62.4 Å². The van der Waals surface area contributed by atoms with Crippen LogP contribution in [0.4, 0.5) is 0 Å². The largest absolute Gasteiger partial charge is 0.491 e. The second-order valence-electron chi connectivity index (χ2n) is 11.3. The normalized spacial score (nSPS) is 11.8. The highest BCUT2D eigenvalue weighted by Crippen LogP contribution is 2.36. The zero-order valence-electron chi connectivity index (χ0n) is 29.4. The maximum Gasteiger partial charge on any atom is 0.297 e. The van der Waals surface area contributed by atoms with Crippen LogP contribution in [-0.4, -0.2) is 96.1 Å². The lowest BCUT2D eigenvalue weighted by molar-refractivity contribution is 0.0278. The quantitative estimate of drug-likeness (QED) is 0.0613. The van der Waals surface area contributed by atoms with Crippen molar-refractivity contribution in [3.63, 3.8) is 0 Å². The highest BCUT2D eigenvalue weighted by molar-refractivity contribution is 7.87. The molecule has 0 N–H and O–H groups in total. The first kappa shape index (κ1) is 40.9. The van der Waals surface area contributed by atoms with Gasteiger partial charge in [-0.25, -0.2) is 0 Å². The number of para-hydroxylation sites is 2. The summed E-state index contributed by atoms with van der Waals surface area (Å²) in [5.74, 6) is 1.35. The highest BCUT2D eigenvalue weighted by Gasteiger charge is 2.16. The van der Waals surface area contributed by atoms with Crippen molar-refractivity contribution in [2.75, 3.05) is 79.3 Å². The number of ether oxygens (including phenoxy) is 6. The smallest absolute Gasteiger partial charge is 0.297 e. The van der Waals surface area contributed by atoms with Gasteiger partial charge in [-0.1, -0.05) is 71.8 Å². The van der Waals surface area contributed by atoms with E-state index >= 15 is 0 Å². The lowest BCUT2D eigenvalue weighted by atomic mass is 10.0. The predicted molar refractivity (Wildman–Crippen MR) is 195 cm³/mol. The topological polar surface area (TPSA) is 142 Å². The molecule has 0 bridgehead atoms. The molecule has 52 heavy (non-hydrogen) atoms. The van der Waals surface area contributed by atoms with Gasteiger partial charge in [0, 0.05) is 11.1 Å². The summed E-state index contributed by atoms with van der Waals surface area (Å²) in [6, 6.07) is 28.2. The zero-order chi connectivity index (χ0) is 37.1. The summed E-state index contributed by atoms with van der Waals surface area (Å²) in [5.41, 5.74) is 3.65. The standard InChI is InChI=1S/C38H46O12S2/c1-31-11-15-33(16-12-31)51(39,40)49-29-25-45-21-19-43-23-27-47-37-9-5-3-7-35(37)36-8-4-6-10-38(36)48-28-24-44-20-22-46-26-30-50-52(41,42)34-17-13-32(2)14-18-34/h3-18H,19-30H2,1-2H3. The number of benzene rings is 4. The fraction of sp³-hybridized carbons (Fsp3) is 0.368. The summed E-state index contributed by atoms with van der Waals surface area (Å²) in [5, 5.41) is 0. The van der Waals surface area contributed by atoms with Crippen LogP contribution in [0.5, 0.6) is 11.5 Å². The molecule has 0 aliphatic rings. The first-order chi connectivity index (χ1) is 25.2. The molecule has 0 atom stereocenters. The molecule has 0 unspecified atom stereocenters. The molecule has 0 saturated carbocycles. The van der Waals surface area contributed by atoms with Gasteiger partial charge in [0.15, 0.2) is 0 Å². The van der Waals surface area contributed by atoms with Gasteiger partial charge in [-0.3, -0.25) is 8.37 Å². The van der Waals surface area contributed by atoms with Gasteiger partial charge in [-0.05, 0) is 50.2 Å². The molecular formula is C38H46O12S2. The second-order valence-corrected chi connectivity index (χ2v) is 14.5. The molecule has 0 aliphatic heterocycles. The van der Waals surface area contributed by atoms with Crippen molar-refractivity contribution < 1.29 is 53.6 Å². The van der Waals surface area contributed by atoms with Crippen LogP contribution in [-0.2, 0) is 47.5 Å². The minimum atomic E-state index is -3.82. The van der Waals surface area contributed by atoms with Gasteiger partial charge < -0.3 is 28.4 Å². The van der Waals surface area contributed by atoms with Gasteiger partial charge in [0.25, 0.3) is 20.2 Å². The minimum absolute atomic E-state index is 0.0905. The van der Waals surface area contributed by atoms with Gasteiger partial charge >= 0.3 is 0 Å². The molecule has 0 aliphatic carbocycles. The first-order valence-corrected chi connectivity index (χ1v) is 19.6. The molecule has 0 saturated heterocycles. The Kier molecular flexibility index (Phi) is 17.0. The van der Waals surface area contributed by atoms with Crippen LogP contribution in [0.25, 0.3) is 11.1 Å². The Labute approximate surface area is 306 Å². The van der Waals surface area contributed by atoms with Gasteiger partial charge in [-0.2, -0.15) is 16.8 Å². The molecule has 0 radical (unpaired) electrons. The fourth-order valence-corrected chi connectivity index (χ4v) is 6.43. The third-order valence-electron chi connectivity index (χ3n) is 7.33. The van der Waals surface area contributed by atoms with Gasteiger partial charge in [0.1, 0.15) is 24.7 Å². The SMILES string of the molecule is Cc1ccc(S(=O)(=O)OCCOCCOCCOc2ccccc2-c2ccccc2OCCOCCOCCOS(=O)(=O)c2ccc(C)cc2)cc1. The summed E-state index contributed by atoms with van der Waals surface area (Å²) < 4.78 is 93.1. The summed E-state index contributed by atoms with van der Waals surface area (Å²) in [6.07, 6.45) is 0. The molecule has 0 aromatic heterocycles. The van der Waals surface area contributed by atoms with E-state index < -0.39 is 20.2 Å². The van der Waals surface area contributed by atoms with Crippen LogP contribution in [0.1, 0.15) is 11.1 Å². The van der Waals surface area contributed by atoms with E-state index in [9.17, 15) is 16.8 Å². The van der Waals surface area contributed by atoms with Crippen molar-refractivity contribution in [2.24, 2.45) is 0 Å². The van der Waals surface area contributed by atoms with Gasteiger partial charge in [-0.15, -0.1) is 0 Å². The van der Waals surface area contributed by atoms with Gasteiger partial charge in [0.2, 0.25) is 0 Å². The van der Waals surface area contributed by atoms with Crippen molar-refractivity contribution >= 4 is 20.2 Å². The summed E-state index contributed by atoms with van der Waals surface area (Å²) in [4.78, 5) is 0.222. The van der Waals surface area contributed by atoms with Crippen LogP contribution in [0, 0.1) is 13.8 Å². The number of aryl methyl sites for hydroxylation is 2. The van der Waals surface area contributed by atoms with E-state index in [0.717, 1.165) is 22.3 Å². The van der Waals surface area contributed by atoms with Crippen molar-refractivity contribution in [3.05, 3.63) is 108 Å². The van der Waals surface area contributed by atoms with E-state index in [-0.39, 0.29) is 49.4 Å². The Morgan fingerprint density at radius 3 is 1.06 bits per heavy atom. The highest BCUT2D eigenvalue weighted by atomic mass is 32.2. The van der Waals surface area contributed by atoms with Crippen molar-refractivity contribution in [2.45, 2.75) is 23.6 Å². The van der Waals surface area contributed by atoms with E-state index in [1.54, 1.807) is 24.3 Å². The molecular weight excluding hydrogens is 713 g/mol. The second kappa shape index (κ2) is 21.6. The summed E-state index contributed by atoms with van der Waals surface area (Å²) in [6.45, 7) is 6.26. The molecule has 4 aromatic carbocycles. The Bertz CT molecular complexity index is 1710. The maximum absolute atomic E-state index is 12.2. The van der Waals surface area contributed by atoms with Crippen molar-refractivity contribution in [1.82, 2.24) is 0 Å². The summed E-state index contributed by atoms with van der Waals surface area (Å²) in [7, 11) is -7.64. The monoisotopic (exact) mass is 758 g/mol. The Hall–Kier alpha value is -3.86. The molecule has 0 amide bonds. The van der Waals surface area contributed by atoms with Crippen LogP contribution >= 0.6 is 0 Å². The molecule has 4 aromatic rings. The molecule has 0 heterocycles. The Morgan fingerprint density at radius 2 is 0.692 bits per heavy atom. The third-order valence-corrected chi connectivity index (χ3v) is 9.98. The van der Waals surface area contributed by atoms with Crippen LogP contribution in [0.15, 0.2) is 107 Å². The fourth-order valence-electron chi connectivity index (χ4n) is 4.65. The van der Waals surface area contributed by atoms with Gasteiger partial charge in [0.05, 0.1) is 75.9 Å². The number of rotatable bonds is 25. The Balaban J connectivity index is 1.07. The summed E-state index contributed by atoms with van der Waals surface area (Å²) >= 11 is 0. The predicted octanol–water partition coefficient (Wildman–Crippen LogP) is 5.61. The zero-order valence-corrected chi connectivity index (χ0v) is 31.1.